The third-order valence-electron chi connectivity index (χ3n) is 5.31. The number of carbonyl (C=O) groups is 2. The molecule has 0 aliphatic carbocycles. The summed E-state index contributed by atoms with van der Waals surface area (Å²) in [6.45, 7) is 5.44. The van der Waals surface area contributed by atoms with E-state index >= 15 is 8.78 Å². The van der Waals surface area contributed by atoms with Gasteiger partial charge in [-0.1, -0.05) is 0 Å². The van der Waals surface area contributed by atoms with Crippen LogP contribution in [-0.2, 0) is 10.7 Å². The summed E-state index contributed by atoms with van der Waals surface area (Å²) < 4.78 is 57.9. The molecule has 2 atom stereocenters. The van der Waals surface area contributed by atoms with Crippen molar-refractivity contribution < 1.29 is 27.2 Å². The number of benzene rings is 2. The average molecular weight is 437 g/mol. The molecule has 0 aromatic heterocycles. The van der Waals surface area contributed by atoms with Crippen LogP contribution in [0.3, 0.4) is 0 Å². The van der Waals surface area contributed by atoms with Gasteiger partial charge in [0.2, 0.25) is 0 Å². The zero-order valence-corrected chi connectivity index (χ0v) is 17.3. The Morgan fingerprint density at radius 3 is 2.26 bits per heavy atom. The second-order valence-electron chi connectivity index (χ2n) is 7.76. The van der Waals surface area contributed by atoms with Gasteiger partial charge in [0.05, 0.1) is 5.56 Å². The summed E-state index contributed by atoms with van der Waals surface area (Å²) in [7, 11) is 0. The third-order valence-corrected chi connectivity index (χ3v) is 5.31. The first kappa shape index (κ1) is 22.7. The summed E-state index contributed by atoms with van der Waals surface area (Å²) in [5.74, 6) is -8.22. The molecule has 1 saturated heterocycles. The summed E-state index contributed by atoms with van der Waals surface area (Å²) >= 11 is 0. The van der Waals surface area contributed by atoms with E-state index in [0.29, 0.717) is 19.2 Å². The molecule has 0 saturated carbocycles. The lowest BCUT2D eigenvalue weighted by Gasteiger charge is -2.41. The molecule has 166 valence electrons. The van der Waals surface area contributed by atoms with Crippen molar-refractivity contribution in [1.29, 1.82) is 0 Å². The maximum Gasteiger partial charge on any atom is 0.352 e. The van der Waals surface area contributed by atoms with E-state index in [-0.39, 0.29) is 16.8 Å². The van der Waals surface area contributed by atoms with Crippen LogP contribution in [0.15, 0.2) is 36.4 Å². The number of anilines is 1. The van der Waals surface area contributed by atoms with Crippen molar-refractivity contribution in [3.05, 3.63) is 64.7 Å². The van der Waals surface area contributed by atoms with E-state index in [1.807, 2.05) is 0 Å². The number of nitrogens with zero attached hydrogens (tertiary/aromatic N) is 1. The van der Waals surface area contributed by atoms with Gasteiger partial charge in [-0.3, -0.25) is 9.59 Å². The highest BCUT2D eigenvalue weighted by Crippen LogP contribution is 2.34. The smallest absolute Gasteiger partial charge is 0.329 e. The lowest BCUT2D eigenvalue weighted by atomic mass is 10.0. The Labute approximate surface area is 177 Å². The number of hydrogen-bond acceptors (Lipinski definition) is 3. The molecule has 2 amide bonds. The van der Waals surface area contributed by atoms with Crippen molar-refractivity contribution in [2.75, 3.05) is 18.4 Å². The van der Waals surface area contributed by atoms with Gasteiger partial charge in [0.15, 0.2) is 0 Å². The second-order valence-corrected chi connectivity index (χ2v) is 7.76. The zero-order valence-electron chi connectivity index (χ0n) is 17.3. The minimum Gasteiger partial charge on any atom is -0.329 e. The average Bonchev–Trinajstić information content (AvgIpc) is 2.70. The molecule has 2 aromatic rings. The Morgan fingerprint density at radius 2 is 1.65 bits per heavy atom. The van der Waals surface area contributed by atoms with E-state index in [0.717, 1.165) is 23.1 Å². The van der Waals surface area contributed by atoms with Crippen LogP contribution >= 0.6 is 0 Å². The number of aryl methyl sites for hydroxylation is 1. The van der Waals surface area contributed by atoms with Crippen LogP contribution in [0.4, 0.5) is 23.2 Å². The monoisotopic (exact) mass is 437 g/mol. The fourth-order valence-corrected chi connectivity index (χ4v) is 3.64. The summed E-state index contributed by atoms with van der Waals surface area (Å²) in [6, 6.07) is 5.29. The first-order valence-electron chi connectivity index (χ1n) is 9.81. The Balaban J connectivity index is 1.89. The molecule has 0 spiro atoms. The Hall–Kier alpha value is -2.94. The number of piperazine rings is 1. The van der Waals surface area contributed by atoms with Crippen molar-refractivity contribution in [2.24, 2.45) is 0 Å². The fourth-order valence-electron chi connectivity index (χ4n) is 3.64. The Kier molecular flexibility index (Phi) is 6.35. The lowest BCUT2D eigenvalue weighted by molar-refractivity contribution is -0.165. The lowest BCUT2D eigenvalue weighted by Crippen LogP contribution is -2.60. The highest BCUT2D eigenvalue weighted by molar-refractivity contribution is 6.04. The van der Waals surface area contributed by atoms with Crippen molar-refractivity contribution >= 4 is 17.5 Å². The van der Waals surface area contributed by atoms with Crippen LogP contribution in [0.1, 0.15) is 35.3 Å². The number of hydrogen-bond donors (Lipinski definition) is 2. The van der Waals surface area contributed by atoms with E-state index < -0.39 is 47.0 Å². The largest absolute Gasteiger partial charge is 0.352 e. The van der Waals surface area contributed by atoms with E-state index in [2.05, 4.69) is 10.6 Å². The van der Waals surface area contributed by atoms with Gasteiger partial charge < -0.3 is 15.5 Å². The molecule has 0 radical (unpaired) electrons. The highest BCUT2D eigenvalue weighted by Gasteiger charge is 2.49. The first-order valence-corrected chi connectivity index (χ1v) is 9.81. The second kappa shape index (κ2) is 8.66. The molecular weight excluding hydrogens is 414 g/mol. The molecule has 0 bridgehead atoms. The van der Waals surface area contributed by atoms with E-state index in [4.69, 9.17) is 0 Å². The van der Waals surface area contributed by atoms with Crippen molar-refractivity contribution in [1.82, 2.24) is 10.2 Å². The maximum atomic E-state index is 15.1. The number of alkyl halides is 2. The molecule has 1 aliphatic rings. The van der Waals surface area contributed by atoms with Crippen molar-refractivity contribution in [3.8, 4) is 0 Å². The molecule has 31 heavy (non-hydrogen) atoms. The van der Waals surface area contributed by atoms with Crippen molar-refractivity contribution in [3.63, 3.8) is 0 Å². The van der Waals surface area contributed by atoms with Gasteiger partial charge in [-0.25, -0.2) is 8.78 Å². The Morgan fingerprint density at radius 1 is 1.03 bits per heavy atom. The molecule has 2 N–H and O–H groups in total. The van der Waals surface area contributed by atoms with Gasteiger partial charge in [0.1, 0.15) is 11.6 Å². The predicted molar refractivity (Wildman–Crippen MR) is 108 cm³/mol. The van der Waals surface area contributed by atoms with E-state index in [1.54, 1.807) is 13.8 Å². The van der Waals surface area contributed by atoms with Gasteiger partial charge in [-0.05, 0) is 62.7 Å². The minimum absolute atomic E-state index is 0.251. The van der Waals surface area contributed by atoms with Gasteiger partial charge in [0.25, 0.3) is 11.8 Å². The number of nitrogens with one attached hydrogen (secondary N) is 2. The topological polar surface area (TPSA) is 61.4 Å². The van der Waals surface area contributed by atoms with Crippen LogP contribution in [-0.4, -0.2) is 41.9 Å². The quantitative estimate of drug-likeness (QED) is 0.715. The normalized spacial score (nSPS) is 19.3. The predicted octanol–water partition coefficient (Wildman–Crippen LogP) is 3.83. The number of halogens is 4. The number of rotatable bonds is 4. The summed E-state index contributed by atoms with van der Waals surface area (Å²) in [5.41, 5.74) is -0.888. The van der Waals surface area contributed by atoms with E-state index in [1.165, 1.54) is 19.1 Å². The molecular formula is C22H23F4N3O2. The van der Waals surface area contributed by atoms with Gasteiger partial charge in [0, 0.05) is 36.4 Å². The SMILES string of the molecule is Cc1cc(NC(=O)c2ccc(F)c(C(F)(F)C(=O)N3[C@H](C)CNC[C@@H]3C)c2)ccc1F. The molecule has 1 heterocycles. The van der Waals surface area contributed by atoms with Crippen LogP contribution in [0.2, 0.25) is 0 Å². The van der Waals surface area contributed by atoms with Crippen molar-refractivity contribution in [2.45, 2.75) is 38.8 Å². The molecule has 1 fully saturated rings. The zero-order chi connectivity index (χ0) is 22.9. The van der Waals surface area contributed by atoms with Crippen LogP contribution in [0.25, 0.3) is 0 Å². The van der Waals surface area contributed by atoms with Gasteiger partial charge in [-0.2, -0.15) is 8.78 Å². The molecule has 3 rings (SSSR count). The van der Waals surface area contributed by atoms with Gasteiger partial charge >= 0.3 is 5.92 Å². The number of amides is 2. The standard InChI is InChI=1S/C22H23F4N3O2/c1-12-8-16(5-7-18(12)23)28-20(30)15-4-6-19(24)17(9-15)22(25,26)21(31)29-13(2)10-27-11-14(29)3/h4-9,13-14,27H,10-11H2,1-3H3,(H,28,30)/t13-,14+. The fraction of sp³-hybridized carbons (Fsp3) is 0.364. The summed E-state index contributed by atoms with van der Waals surface area (Å²) in [6.07, 6.45) is 0. The molecule has 2 aromatic carbocycles. The molecule has 5 nitrogen and oxygen atoms in total. The highest BCUT2D eigenvalue weighted by atomic mass is 19.3. The van der Waals surface area contributed by atoms with Gasteiger partial charge in [-0.15, -0.1) is 0 Å². The van der Waals surface area contributed by atoms with E-state index in [9.17, 15) is 18.4 Å². The van der Waals surface area contributed by atoms with Crippen LogP contribution in [0, 0.1) is 18.6 Å². The third kappa shape index (κ3) is 4.56. The minimum atomic E-state index is -4.16. The molecule has 0 unspecified atom stereocenters. The molecule has 1 aliphatic heterocycles. The molecule has 9 heteroatoms. The van der Waals surface area contributed by atoms with Crippen LogP contribution in [0.5, 0.6) is 0 Å². The van der Waals surface area contributed by atoms with Crippen LogP contribution < -0.4 is 10.6 Å². The maximum absolute atomic E-state index is 15.1. The Bertz CT molecular complexity index is 1000. The summed E-state index contributed by atoms with van der Waals surface area (Å²) in [5, 5.41) is 5.49. The first-order chi connectivity index (χ1) is 14.5. The number of carbonyl (C=O) groups excluding carboxylic acids is 2. The summed E-state index contributed by atoms with van der Waals surface area (Å²) in [4.78, 5) is 26.2.